The lowest BCUT2D eigenvalue weighted by molar-refractivity contribution is -0.162. The first-order valence-corrected chi connectivity index (χ1v) is 12.6. The van der Waals surface area contributed by atoms with Crippen molar-refractivity contribution >= 4 is 25.4 Å². The number of amides is 2. The molecule has 1 aromatic carbocycles. The number of benzene rings is 1. The van der Waals surface area contributed by atoms with Crippen molar-refractivity contribution in [2.75, 3.05) is 19.4 Å². The highest BCUT2D eigenvalue weighted by atomic mass is 31.2. The van der Waals surface area contributed by atoms with Crippen LogP contribution < -0.4 is 5.48 Å². The summed E-state index contributed by atoms with van der Waals surface area (Å²) in [6.45, 7) is 9.00. The van der Waals surface area contributed by atoms with E-state index in [1.165, 1.54) is 4.90 Å². The first-order chi connectivity index (χ1) is 15.2. The standard InChI is InChI=1S/C22H35N2O7P/c1-6-12-20(26)31-23-22(27)21(17(4)5)24(15-18-13-10-9-11-14-18)19(25)16-32(28,29-7-2)30-8-3/h9-11,13-14,17,21H,6-8,12,15-16H2,1-5H3,(H,23,27). The van der Waals surface area contributed by atoms with Gasteiger partial charge in [0.25, 0.3) is 5.91 Å². The van der Waals surface area contributed by atoms with E-state index in [-0.39, 0.29) is 32.1 Å². The third-order valence-electron chi connectivity index (χ3n) is 4.45. The van der Waals surface area contributed by atoms with Gasteiger partial charge >= 0.3 is 13.6 Å². The minimum absolute atomic E-state index is 0.0943. The summed E-state index contributed by atoms with van der Waals surface area (Å²) >= 11 is 0. The summed E-state index contributed by atoms with van der Waals surface area (Å²) < 4.78 is 23.5. The maximum atomic E-state index is 13.3. The molecule has 9 nitrogen and oxygen atoms in total. The van der Waals surface area contributed by atoms with E-state index in [0.29, 0.717) is 6.42 Å². The van der Waals surface area contributed by atoms with Crippen molar-refractivity contribution in [2.45, 2.75) is 60.0 Å². The van der Waals surface area contributed by atoms with E-state index in [4.69, 9.17) is 13.9 Å². The molecule has 0 saturated heterocycles. The molecule has 0 aromatic heterocycles. The average Bonchev–Trinajstić information content (AvgIpc) is 2.72. The summed E-state index contributed by atoms with van der Waals surface area (Å²) in [7, 11) is -3.68. The number of carbonyl (C=O) groups is 3. The Morgan fingerprint density at radius 1 is 1.03 bits per heavy atom. The van der Waals surface area contributed by atoms with Gasteiger partial charge in [-0.15, -0.1) is 0 Å². The molecule has 0 saturated carbocycles. The molecule has 0 aliphatic carbocycles. The fourth-order valence-electron chi connectivity index (χ4n) is 3.13. The largest absolute Gasteiger partial charge is 0.341 e. The molecule has 1 N–H and O–H groups in total. The van der Waals surface area contributed by atoms with Gasteiger partial charge in [-0.25, -0.2) is 4.79 Å². The average molecular weight is 471 g/mol. The van der Waals surface area contributed by atoms with Gasteiger partial charge in [-0.3, -0.25) is 14.2 Å². The van der Waals surface area contributed by atoms with Gasteiger partial charge in [-0.2, -0.15) is 5.48 Å². The predicted octanol–water partition coefficient (Wildman–Crippen LogP) is 3.68. The Bertz CT molecular complexity index is 776. The lowest BCUT2D eigenvalue weighted by Crippen LogP contribution is -2.53. The highest BCUT2D eigenvalue weighted by Crippen LogP contribution is 2.48. The van der Waals surface area contributed by atoms with E-state index in [0.717, 1.165) is 5.56 Å². The molecule has 0 heterocycles. The molecule has 1 rings (SSSR count). The Hall–Kier alpha value is -2.22. The van der Waals surface area contributed by atoms with Crippen LogP contribution in [-0.4, -0.2) is 48.1 Å². The molecule has 0 aliphatic heterocycles. The molecule has 0 fully saturated rings. The van der Waals surface area contributed by atoms with Gasteiger partial charge in [-0.05, 0) is 31.7 Å². The number of hydrogen-bond acceptors (Lipinski definition) is 7. The lowest BCUT2D eigenvalue weighted by atomic mass is 10.0. The molecule has 0 bridgehead atoms. The first-order valence-electron chi connectivity index (χ1n) is 10.9. The van der Waals surface area contributed by atoms with Crippen LogP contribution in [0.4, 0.5) is 0 Å². The van der Waals surface area contributed by atoms with Crippen molar-refractivity contribution in [2.24, 2.45) is 5.92 Å². The molecule has 0 radical (unpaired) electrons. The van der Waals surface area contributed by atoms with E-state index < -0.39 is 37.6 Å². The quantitative estimate of drug-likeness (QED) is 0.346. The molecule has 32 heavy (non-hydrogen) atoms. The molecule has 180 valence electrons. The van der Waals surface area contributed by atoms with Crippen molar-refractivity contribution in [3.8, 4) is 0 Å². The van der Waals surface area contributed by atoms with Gasteiger partial charge in [0.15, 0.2) is 0 Å². The molecule has 0 aliphatic rings. The molecule has 1 atom stereocenters. The highest BCUT2D eigenvalue weighted by Gasteiger charge is 2.37. The Labute approximate surface area is 190 Å². The number of hydrogen-bond donors (Lipinski definition) is 1. The van der Waals surface area contributed by atoms with Crippen LogP contribution >= 0.6 is 7.60 Å². The Morgan fingerprint density at radius 3 is 2.12 bits per heavy atom. The van der Waals surface area contributed by atoms with Crippen molar-refractivity contribution in [3.63, 3.8) is 0 Å². The van der Waals surface area contributed by atoms with Crippen LogP contribution in [-0.2, 0) is 39.4 Å². The summed E-state index contributed by atoms with van der Waals surface area (Å²) in [5, 5.41) is 0. The highest BCUT2D eigenvalue weighted by molar-refractivity contribution is 7.54. The number of nitrogens with one attached hydrogen (secondary N) is 1. The second kappa shape index (κ2) is 14.0. The van der Waals surface area contributed by atoms with Crippen LogP contribution in [0.1, 0.15) is 53.0 Å². The second-order valence-electron chi connectivity index (χ2n) is 7.49. The van der Waals surface area contributed by atoms with E-state index in [2.05, 4.69) is 5.48 Å². The maximum Gasteiger partial charge on any atom is 0.340 e. The van der Waals surface area contributed by atoms with Crippen LogP contribution in [0, 0.1) is 5.92 Å². The van der Waals surface area contributed by atoms with Crippen molar-refractivity contribution in [3.05, 3.63) is 35.9 Å². The molecule has 0 spiro atoms. The van der Waals surface area contributed by atoms with E-state index in [9.17, 15) is 18.9 Å². The zero-order valence-electron chi connectivity index (χ0n) is 19.5. The summed E-state index contributed by atoms with van der Waals surface area (Å²) in [4.78, 5) is 44.1. The molecule has 10 heteroatoms. The van der Waals surface area contributed by atoms with Crippen LogP contribution in [0.2, 0.25) is 0 Å². The Morgan fingerprint density at radius 2 is 1.62 bits per heavy atom. The first kappa shape index (κ1) is 27.8. The zero-order chi connectivity index (χ0) is 24.1. The normalized spacial score (nSPS) is 12.3. The lowest BCUT2D eigenvalue weighted by Gasteiger charge is -2.34. The van der Waals surface area contributed by atoms with E-state index in [1.54, 1.807) is 27.7 Å². The minimum Gasteiger partial charge on any atom is -0.341 e. The molecule has 2 amide bonds. The van der Waals surface area contributed by atoms with E-state index >= 15 is 0 Å². The van der Waals surface area contributed by atoms with Crippen molar-refractivity contribution in [1.29, 1.82) is 0 Å². The number of nitrogens with zero attached hydrogens (tertiary/aromatic N) is 1. The third-order valence-corrected chi connectivity index (χ3v) is 6.41. The predicted molar refractivity (Wildman–Crippen MR) is 120 cm³/mol. The van der Waals surface area contributed by atoms with E-state index in [1.807, 2.05) is 37.3 Å². The van der Waals surface area contributed by atoms with Crippen molar-refractivity contribution < 1.29 is 32.8 Å². The molecule has 1 unspecified atom stereocenters. The van der Waals surface area contributed by atoms with Gasteiger partial charge < -0.3 is 18.8 Å². The second-order valence-corrected chi connectivity index (χ2v) is 9.55. The summed E-state index contributed by atoms with van der Waals surface area (Å²) in [6.07, 6.45) is 0.226. The topological polar surface area (TPSA) is 111 Å². The van der Waals surface area contributed by atoms with Crippen molar-refractivity contribution in [1.82, 2.24) is 10.4 Å². The monoisotopic (exact) mass is 470 g/mol. The Balaban J connectivity index is 3.20. The minimum atomic E-state index is -3.68. The summed E-state index contributed by atoms with van der Waals surface area (Å²) in [5.74, 6) is -2.10. The molecule has 1 aromatic rings. The van der Waals surface area contributed by atoms with Gasteiger partial charge in [0.1, 0.15) is 12.2 Å². The van der Waals surface area contributed by atoms with Gasteiger partial charge in [0.05, 0.1) is 13.2 Å². The van der Waals surface area contributed by atoms with Crippen LogP contribution in [0.5, 0.6) is 0 Å². The van der Waals surface area contributed by atoms with Gasteiger partial charge in [0.2, 0.25) is 5.91 Å². The fraction of sp³-hybridized carbons (Fsp3) is 0.591. The van der Waals surface area contributed by atoms with Crippen LogP contribution in [0.15, 0.2) is 30.3 Å². The molecular weight excluding hydrogens is 435 g/mol. The number of hydroxylamine groups is 1. The maximum absolute atomic E-state index is 13.3. The van der Waals surface area contributed by atoms with Crippen LogP contribution in [0.25, 0.3) is 0 Å². The fourth-order valence-corrected chi connectivity index (χ4v) is 4.68. The zero-order valence-corrected chi connectivity index (χ0v) is 20.4. The smallest absolute Gasteiger partial charge is 0.340 e. The number of carbonyl (C=O) groups excluding carboxylic acids is 3. The summed E-state index contributed by atoms with van der Waals surface area (Å²) in [5.41, 5.74) is 2.95. The third kappa shape index (κ3) is 9.10. The summed E-state index contributed by atoms with van der Waals surface area (Å²) in [6, 6.07) is 8.14. The van der Waals surface area contributed by atoms with Crippen LogP contribution in [0.3, 0.4) is 0 Å². The Kier molecular flexibility index (Phi) is 12.2. The van der Waals surface area contributed by atoms with Gasteiger partial charge in [0, 0.05) is 13.0 Å². The molecular formula is C22H35N2O7P. The van der Waals surface area contributed by atoms with Gasteiger partial charge in [-0.1, -0.05) is 51.1 Å². The number of rotatable bonds is 13. The SMILES string of the molecule is CCCC(=O)ONC(=O)C(C(C)C)N(Cc1ccccc1)C(=O)CP(=O)(OCC)OCC.